The minimum Gasteiger partial charge on any atom is -0.500 e. The van der Waals surface area contributed by atoms with Crippen LogP contribution in [0.5, 0.6) is 5.75 Å². The van der Waals surface area contributed by atoms with E-state index in [1.54, 1.807) is 26.4 Å². The summed E-state index contributed by atoms with van der Waals surface area (Å²) >= 11 is 0. The van der Waals surface area contributed by atoms with Crippen LogP contribution in [0.3, 0.4) is 0 Å². The first kappa shape index (κ1) is 19.6. The number of amides is 2. The lowest BCUT2D eigenvalue weighted by Gasteiger charge is -2.33. The third-order valence-corrected chi connectivity index (χ3v) is 6.10. The van der Waals surface area contributed by atoms with Crippen molar-refractivity contribution in [3.63, 3.8) is 0 Å². The normalized spacial score (nSPS) is 22.8. The SMILES string of the molecule is COC1=CC(N2CCOc3cc(C(=O)N4CCCCC4)cnc32)=CC2=NN(C)C(=O)C12. The van der Waals surface area contributed by atoms with E-state index in [1.165, 1.54) is 11.4 Å². The Morgan fingerprint density at radius 3 is 2.77 bits per heavy atom. The number of carbonyl (C=O) groups is 2. The largest absolute Gasteiger partial charge is 0.500 e. The van der Waals surface area contributed by atoms with Gasteiger partial charge in [0.15, 0.2) is 11.6 Å². The maximum absolute atomic E-state index is 12.9. The van der Waals surface area contributed by atoms with Crippen LogP contribution in [0.15, 0.2) is 41.0 Å². The third kappa shape index (κ3) is 3.34. The van der Waals surface area contributed by atoms with Crippen LogP contribution in [0.2, 0.25) is 0 Å². The van der Waals surface area contributed by atoms with Crippen molar-refractivity contribution in [2.45, 2.75) is 19.3 Å². The van der Waals surface area contributed by atoms with Crippen LogP contribution in [0.4, 0.5) is 5.82 Å². The first-order valence-corrected chi connectivity index (χ1v) is 10.6. The number of aromatic nitrogens is 1. The lowest BCUT2D eigenvalue weighted by atomic mass is 9.94. The number of hydrazone groups is 1. The second-order valence-electron chi connectivity index (χ2n) is 8.04. The Labute approximate surface area is 180 Å². The van der Waals surface area contributed by atoms with Crippen LogP contribution >= 0.6 is 0 Å². The van der Waals surface area contributed by atoms with Crippen LogP contribution in [-0.4, -0.2) is 72.8 Å². The zero-order valence-corrected chi connectivity index (χ0v) is 17.7. The fourth-order valence-corrected chi connectivity index (χ4v) is 4.48. The van der Waals surface area contributed by atoms with E-state index in [4.69, 9.17) is 9.47 Å². The summed E-state index contributed by atoms with van der Waals surface area (Å²) in [5, 5.41) is 5.70. The molecule has 9 nitrogen and oxygen atoms in total. The van der Waals surface area contributed by atoms with Gasteiger partial charge in [-0.1, -0.05) is 0 Å². The number of likely N-dealkylation sites (tertiary alicyclic amines) is 1. The van der Waals surface area contributed by atoms with E-state index >= 15 is 0 Å². The summed E-state index contributed by atoms with van der Waals surface area (Å²) < 4.78 is 11.4. The minimum atomic E-state index is -0.503. The summed E-state index contributed by atoms with van der Waals surface area (Å²) in [5.41, 5.74) is 2.01. The maximum Gasteiger partial charge on any atom is 0.259 e. The summed E-state index contributed by atoms with van der Waals surface area (Å²) in [7, 11) is 3.20. The van der Waals surface area contributed by atoms with Crippen LogP contribution in [0, 0.1) is 5.92 Å². The van der Waals surface area contributed by atoms with E-state index in [0.717, 1.165) is 31.6 Å². The fourth-order valence-electron chi connectivity index (χ4n) is 4.48. The Bertz CT molecular complexity index is 1020. The predicted molar refractivity (Wildman–Crippen MR) is 114 cm³/mol. The van der Waals surface area contributed by atoms with Crippen molar-refractivity contribution in [3.05, 3.63) is 41.4 Å². The standard InChI is InChI=1S/C22H25N5O4/c1-25-22(29)19-16(24-25)11-15(12-17(19)30-2)27-8-9-31-18-10-14(13-23-20(18)27)21(28)26-6-4-3-5-7-26/h10-13,19H,3-9H2,1-2H3. The molecule has 1 aromatic rings. The molecular weight excluding hydrogens is 398 g/mol. The van der Waals surface area contributed by atoms with Gasteiger partial charge in [-0.3, -0.25) is 9.59 Å². The van der Waals surface area contributed by atoms with E-state index in [2.05, 4.69) is 10.1 Å². The molecule has 162 valence electrons. The lowest BCUT2D eigenvalue weighted by molar-refractivity contribution is -0.130. The van der Waals surface area contributed by atoms with Gasteiger partial charge >= 0.3 is 0 Å². The Kier molecular flexibility index (Phi) is 4.88. The number of fused-ring (bicyclic) bond motifs is 2. The number of nitrogens with zero attached hydrogens (tertiary/aromatic N) is 5. The number of piperidine rings is 1. The molecule has 2 amide bonds. The Balaban J connectivity index is 1.45. The van der Waals surface area contributed by atoms with Crippen molar-refractivity contribution >= 4 is 23.3 Å². The van der Waals surface area contributed by atoms with Gasteiger partial charge in [-0.25, -0.2) is 9.99 Å². The van der Waals surface area contributed by atoms with Gasteiger partial charge in [0.25, 0.3) is 11.8 Å². The van der Waals surface area contributed by atoms with Crippen molar-refractivity contribution in [1.82, 2.24) is 14.9 Å². The lowest BCUT2D eigenvalue weighted by Crippen LogP contribution is -2.37. The van der Waals surface area contributed by atoms with E-state index in [1.807, 2.05) is 22.0 Å². The van der Waals surface area contributed by atoms with Crippen LogP contribution < -0.4 is 9.64 Å². The third-order valence-electron chi connectivity index (χ3n) is 6.10. The molecule has 4 heterocycles. The number of ether oxygens (including phenoxy) is 2. The molecule has 0 spiro atoms. The Morgan fingerprint density at radius 1 is 1.19 bits per heavy atom. The smallest absolute Gasteiger partial charge is 0.259 e. The number of allylic oxidation sites excluding steroid dienone is 2. The predicted octanol–water partition coefficient (Wildman–Crippen LogP) is 1.78. The summed E-state index contributed by atoms with van der Waals surface area (Å²) in [6.07, 6.45) is 8.61. The highest BCUT2D eigenvalue weighted by atomic mass is 16.5. The van der Waals surface area contributed by atoms with Crippen LogP contribution in [0.25, 0.3) is 0 Å². The molecule has 0 radical (unpaired) electrons. The molecule has 1 aliphatic carbocycles. The molecule has 1 unspecified atom stereocenters. The van der Waals surface area contributed by atoms with E-state index in [-0.39, 0.29) is 11.8 Å². The topological polar surface area (TPSA) is 87.6 Å². The van der Waals surface area contributed by atoms with Gasteiger partial charge in [0, 0.05) is 38.1 Å². The van der Waals surface area contributed by atoms with E-state index in [9.17, 15) is 9.59 Å². The van der Waals surface area contributed by atoms with Gasteiger partial charge in [0.2, 0.25) is 0 Å². The monoisotopic (exact) mass is 423 g/mol. The molecule has 9 heteroatoms. The zero-order chi connectivity index (χ0) is 21.5. The van der Waals surface area contributed by atoms with Crippen molar-refractivity contribution in [1.29, 1.82) is 0 Å². The van der Waals surface area contributed by atoms with Crippen LogP contribution in [0.1, 0.15) is 29.6 Å². The average Bonchev–Trinajstić information content (AvgIpc) is 3.11. The molecule has 1 fully saturated rings. The fraction of sp³-hybridized carbons (Fsp3) is 0.455. The molecule has 1 saturated heterocycles. The number of carbonyl (C=O) groups excluding carboxylic acids is 2. The molecule has 0 aromatic carbocycles. The van der Waals surface area contributed by atoms with Crippen LogP contribution in [-0.2, 0) is 9.53 Å². The highest BCUT2D eigenvalue weighted by Crippen LogP contribution is 2.36. The van der Waals surface area contributed by atoms with Gasteiger partial charge in [0.1, 0.15) is 18.3 Å². The number of anilines is 1. The molecule has 0 N–H and O–H groups in total. The van der Waals surface area contributed by atoms with Crippen molar-refractivity contribution < 1.29 is 19.1 Å². The molecule has 1 atom stereocenters. The van der Waals surface area contributed by atoms with Gasteiger partial charge in [0.05, 0.1) is 24.9 Å². The number of hydrogen-bond acceptors (Lipinski definition) is 7. The second kappa shape index (κ2) is 7.72. The summed E-state index contributed by atoms with van der Waals surface area (Å²) in [6, 6.07) is 1.78. The minimum absolute atomic E-state index is 0.00104. The molecule has 0 saturated carbocycles. The Hall–Kier alpha value is -3.36. The van der Waals surface area contributed by atoms with Gasteiger partial charge in [-0.15, -0.1) is 0 Å². The number of hydrogen-bond donors (Lipinski definition) is 0. The first-order valence-electron chi connectivity index (χ1n) is 10.6. The maximum atomic E-state index is 12.9. The number of methoxy groups -OCH3 is 1. The van der Waals surface area contributed by atoms with Gasteiger partial charge in [-0.2, -0.15) is 5.10 Å². The van der Waals surface area contributed by atoms with E-state index in [0.29, 0.717) is 41.8 Å². The summed E-state index contributed by atoms with van der Waals surface area (Å²) in [5.74, 6) is 1.15. The first-order chi connectivity index (χ1) is 15.1. The molecular formula is C22H25N5O4. The zero-order valence-electron chi connectivity index (χ0n) is 17.7. The molecule has 4 aliphatic rings. The molecule has 1 aromatic heterocycles. The van der Waals surface area contributed by atoms with Crippen molar-refractivity contribution in [3.8, 4) is 5.75 Å². The highest BCUT2D eigenvalue weighted by molar-refractivity contribution is 6.16. The quantitative estimate of drug-likeness (QED) is 0.737. The Morgan fingerprint density at radius 2 is 2.00 bits per heavy atom. The summed E-state index contributed by atoms with van der Waals surface area (Å²) in [6.45, 7) is 2.62. The summed E-state index contributed by atoms with van der Waals surface area (Å²) in [4.78, 5) is 33.7. The van der Waals surface area contributed by atoms with Gasteiger partial charge < -0.3 is 19.3 Å². The number of pyridine rings is 1. The second-order valence-corrected chi connectivity index (χ2v) is 8.04. The molecule has 5 rings (SSSR count). The molecule has 3 aliphatic heterocycles. The molecule has 0 bridgehead atoms. The highest BCUT2D eigenvalue weighted by Gasteiger charge is 2.40. The average molecular weight is 423 g/mol. The number of rotatable bonds is 3. The molecule has 31 heavy (non-hydrogen) atoms. The van der Waals surface area contributed by atoms with E-state index < -0.39 is 5.92 Å². The van der Waals surface area contributed by atoms with Crippen molar-refractivity contribution in [2.24, 2.45) is 11.0 Å². The van der Waals surface area contributed by atoms with Crippen molar-refractivity contribution in [2.75, 3.05) is 45.3 Å². The van der Waals surface area contributed by atoms with Gasteiger partial charge in [-0.05, 0) is 31.4 Å².